The molecule has 0 spiro atoms. The van der Waals surface area contributed by atoms with Crippen LogP contribution in [0.4, 0.5) is 0 Å². The van der Waals surface area contributed by atoms with Crippen molar-refractivity contribution >= 4 is 23.9 Å². The average molecular weight is 755 g/mol. The number of rotatable bonds is 2. The van der Waals surface area contributed by atoms with E-state index in [-0.39, 0.29) is 16.4 Å². The lowest BCUT2D eigenvalue weighted by atomic mass is 9.93. The third kappa shape index (κ3) is 20.4. The van der Waals surface area contributed by atoms with E-state index in [1.165, 1.54) is 21.7 Å². The minimum absolute atomic E-state index is 0.156. The molecule has 7 heteroatoms. The molecule has 0 saturated heterocycles. The quantitative estimate of drug-likeness (QED) is 0.182. The van der Waals surface area contributed by atoms with Crippen molar-refractivity contribution in [1.82, 2.24) is 15.0 Å². The van der Waals surface area contributed by atoms with Gasteiger partial charge in [-0.05, 0) is 103 Å². The molecular formula is C47H72N5OS+. The predicted molar refractivity (Wildman–Crippen MR) is 236 cm³/mol. The van der Waals surface area contributed by atoms with E-state index in [9.17, 15) is 0 Å². The lowest BCUT2D eigenvalue weighted by molar-refractivity contribution is -0.475. The highest BCUT2D eigenvalue weighted by Crippen LogP contribution is 2.26. The van der Waals surface area contributed by atoms with Crippen molar-refractivity contribution in [3.8, 4) is 0 Å². The standard InChI is InChI=1S/C8H13N.2C8H11N.C8H12O.C8H12S.C7H13N2/c1-8(2,3)7-5-4-6-9-7;1-7(2)8-3-5-9-6-4-8;1-7(2)8-4-3-5-9-6-8;2*1-8(2,3)7-5-4-6-9-7;1-7(2,3)9-5-4-8-6-9/h4-6,9H,1-3H3;2*3-7H,1-2H3;2*4-6H,1-3H3;5-6H,4H2,1-3H3/q;;;;;+1. The van der Waals surface area contributed by atoms with E-state index >= 15 is 0 Å². The summed E-state index contributed by atoms with van der Waals surface area (Å²) in [7, 11) is 0. The Hall–Kier alpha value is -4.10. The molecular weight excluding hydrogens is 683 g/mol. The number of hydrogen-bond acceptors (Lipinski definition) is 5. The molecule has 0 bridgehead atoms. The number of H-pyrrole nitrogens is 1. The van der Waals surface area contributed by atoms with Gasteiger partial charge in [-0.1, -0.05) is 107 Å². The molecule has 0 radical (unpaired) electrons. The van der Waals surface area contributed by atoms with Gasteiger partial charge in [0.1, 0.15) is 17.5 Å². The van der Waals surface area contributed by atoms with Crippen LogP contribution in [0.2, 0.25) is 0 Å². The van der Waals surface area contributed by atoms with Crippen LogP contribution in [0.5, 0.6) is 0 Å². The number of aliphatic imine (C=N–C) groups is 1. The summed E-state index contributed by atoms with van der Waals surface area (Å²) < 4.78 is 7.33. The first-order valence-electron chi connectivity index (χ1n) is 19.2. The van der Waals surface area contributed by atoms with Crippen LogP contribution in [0, 0.1) is 0 Å². The van der Waals surface area contributed by atoms with Gasteiger partial charge in [-0.2, -0.15) is 0 Å². The molecule has 5 aromatic heterocycles. The van der Waals surface area contributed by atoms with Crippen molar-refractivity contribution in [3.63, 3.8) is 0 Å². The Labute approximate surface area is 333 Å². The largest absolute Gasteiger partial charge is 0.469 e. The number of aromatic amines is 1. The zero-order valence-electron chi connectivity index (χ0n) is 36.4. The minimum Gasteiger partial charge on any atom is -0.469 e. The molecule has 6 rings (SSSR count). The van der Waals surface area contributed by atoms with Crippen molar-refractivity contribution in [2.24, 2.45) is 4.99 Å². The third-order valence-corrected chi connectivity index (χ3v) is 9.31. The average Bonchev–Trinajstić information content (AvgIpc) is 3.94. The summed E-state index contributed by atoms with van der Waals surface area (Å²) in [5.41, 5.74) is 4.92. The van der Waals surface area contributed by atoms with Crippen LogP contribution in [-0.2, 0) is 16.2 Å². The number of hydrogen-bond donors (Lipinski definition) is 1. The molecule has 1 aliphatic rings. The molecule has 0 unspecified atom stereocenters. The van der Waals surface area contributed by atoms with Crippen molar-refractivity contribution < 1.29 is 8.99 Å². The van der Waals surface area contributed by atoms with Gasteiger partial charge in [-0.15, -0.1) is 11.3 Å². The maximum absolute atomic E-state index is 5.20. The van der Waals surface area contributed by atoms with Crippen LogP contribution >= 0.6 is 11.3 Å². The Morgan fingerprint density at radius 3 is 1.57 bits per heavy atom. The fourth-order valence-corrected chi connectivity index (χ4v) is 5.25. The molecule has 6 nitrogen and oxygen atoms in total. The number of furan rings is 1. The van der Waals surface area contributed by atoms with Gasteiger partial charge in [0.2, 0.25) is 0 Å². The Morgan fingerprint density at radius 2 is 1.31 bits per heavy atom. The molecule has 1 N–H and O–H groups in total. The maximum atomic E-state index is 5.20. The van der Waals surface area contributed by atoms with E-state index in [0.717, 1.165) is 12.3 Å². The maximum Gasteiger partial charge on any atom is 0.280 e. The molecule has 5 aromatic rings. The highest BCUT2D eigenvalue weighted by molar-refractivity contribution is 7.10. The summed E-state index contributed by atoms with van der Waals surface area (Å²) in [6.45, 7) is 35.7. The van der Waals surface area contributed by atoms with Crippen molar-refractivity contribution in [2.75, 3.05) is 6.54 Å². The highest BCUT2D eigenvalue weighted by Gasteiger charge is 2.21. The second-order valence-electron chi connectivity index (χ2n) is 17.9. The topological polar surface area (TPSA) is 70.1 Å². The smallest absolute Gasteiger partial charge is 0.280 e. The molecule has 0 saturated carbocycles. The van der Waals surface area contributed by atoms with Gasteiger partial charge in [0.05, 0.1) is 6.26 Å². The molecule has 6 heterocycles. The van der Waals surface area contributed by atoms with Crippen LogP contribution < -0.4 is 0 Å². The monoisotopic (exact) mass is 755 g/mol. The van der Waals surface area contributed by atoms with Gasteiger partial charge in [-0.25, -0.2) is 4.58 Å². The molecule has 296 valence electrons. The second kappa shape index (κ2) is 23.0. The molecule has 0 amide bonds. The van der Waals surface area contributed by atoms with Crippen molar-refractivity contribution in [2.45, 2.75) is 144 Å². The number of thiophene rings is 1. The molecule has 0 fully saturated rings. The molecule has 1 aliphatic heterocycles. The summed E-state index contributed by atoms with van der Waals surface area (Å²) in [4.78, 5) is 16.6. The van der Waals surface area contributed by atoms with E-state index < -0.39 is 0 Å². The van der Waals surface area contributed by atoms with Crippen LogP contribution in [0.15, 0.2) is 113 Å². The number of pyridine rings is 2. The summed E-state index contributed by atoms with van der Waals surface area (Å²) in [5, 5.41) is 2.13. The molecule has 0 aromatic carbocycles. The fourth-order valence-electron chi connectivity index (χ4n) is 4.44. The lowest BCUT2D eigenvalue weighted by Crippen LogP contribution is -2.30. The Morgan fingerprint density at radius 1 is 0.667 bits per heavy atom. The Balaban J connectivity index is 0.000000324. The highest BCUT2D eigenvalue weighted by atomic mass is 32.1. The second-order valence-corrected chi connectivity index (χ2v) is 18.9. The SMILES string of the molecule is CC(C)(C)[N+]1=CCN=C1.CC(C)(C)c1ccc[nH]1.CC(C)(C)c1ccco1.CC(C)(C)c1cccs1.CC(C)c1cccnc1.CC(C)c1ccncc1. The first-order chi connectivity index (χ1) is 25.0. The summed E-state index contributed by atoms with van der Waals surface area (Å²) in [5.74, 6) is 2.26. The van der Waals surface area contributed by atoms with E-state index in [1.807, 2.05) is 78.9 Å². The minimum atomic E-state index is 0.156. The lowest BCUT2D eigenvalue weighted by Gasteiger charge is -2.15. The van der Waals surface area contributed by atoms with Crippen LogP contribution in [-0.4, -0.2) is 44.2 Å². The first kappa shape index (κ1) is 47.9. The van der Waals surface area contributed by atoms with Gasteiger partial charge < -0.3 is 9.40 Å². The van der Waals surface area contributed by atoms with Gasteiger partial charge in [0.25, 0.3) is 6.34 Å². The Bertz CT molecular complexity index is 1530. The van der Waals surface area contributed by atoms with E-state index in [2.05, 4.69) is 171 Å². The summed E-state index contributed by atoms with van der Waals surface area (Å²) in [6, 6.07) is 20.5. The van der Waals surface area contributed by atoms with Gasteiger partial charge in [0, 0.05) is 52.4 Å². The van der Waals surface area contributed by atoms with E-state index in [0.29, 0.717) is 17.3 Å². The zero-order chi connectivity index (χ0) is 41.0. The molecule has 0 aliphatic carbocycles. The van der Waals surface area contributed by atoms with Crippen molar-refractivity contribution in [3.05, 3.63) is 131 Å². The van der Waals surface area contributed by atoms with E-state index in [4.69, 9.17) is 4.42 Å². The zero-order valence-corrected chi connectivity index (χ0v) is 37.3. The van der Waals surface area contributed by atoms with Crippen LogP contribution in [0.25, 0.3) is 0 Å². The summed E-state index contributed by atoms with van der Waals surface area (Å²) >= 11 is 1.83. The number of aromatic nitrogens is 3. The molecule has 0 atom stereocenters. The molecule has 54 heavy (non-hydrogen) atoms. The summed E-state index contributed by atoms with van der Waals surface area (Å²) in [6.07, 6.45) is 15.0. The van der Waals surface area contributed by atoms with Crippen LogP contribution in [0.1, 0.15) is 150 Å². The van der Waals surface area contributed by atoms with E-state index in [1.54, 1.807) is 12.5 Å². The third-order valence-electron chi connectivity index (χ3n) is 8.01. The Kier molecular flexibility index (Phi) is 20.4. The normalized spacial score (nSPS) is 12.4. The number of nitrogens with one attached hydrogen (secondary N) is 1. The van der Waals surface area contributed by atoms with Crippen molar-refractivity contribution in [1.29, 1.82) is 0 Å². The first-order valence-corrected chi connectivity index (χ1v) is 20.0. The predicted octanol–water partition coefficient (Wildman–Crippen LogP) is 13.3. The van der Waals surface area contributed by atoms with Gasteiger partial charge in [-0.3, -0.25) is 9.97 Å². The number of nitrogens with zero attached hydrogens (tertiary/aromatic N) is 4. The van der Waals surface area contributed by atoms with Crippen LogP contribution in [0.3, 0.4) is 0 Å². The van der Waals surface area contributed by atoms with Gasteiger partial charge >= 0.3 is 0 Å². The fraction of sp³-hybridized carbons (Fsp3) is 0.489. The van der Waals surface area contributed by atoms with Gasteiger partial charge in [0.15, 0.2) is 6.54 Å².